The number of hydrogen-bond acceptors (Lipinski definition) is 4. The van der Waals surface area contributed by atoms with Gasteiger partial charge in [0.1, 0.15) is 5.82 Å². The van der Waals surface area contributed by atoms with Crippen LogP contribution >= 0.6 is 11.8 Å². The molecule has 1 aromatic heterocycles. The van der Waals surface area contributed by atoms with Crippen LogP contribution in [0.25, 0.3) is 0 Å². The maximum absolute atomic E-state index is 13.2. The Balaban J connectivity index is 1.69. The molecule has 0 saturated heterocycles. The molecule has 1 saturated carbocycles. The van der Waals surface area contributed by atoms with E-state index in [-0.39, 0.29) is 5.75 Å². The molecular weight excluding hydrogens is 320 g/mol. The summed E-state index contributed by atoms with van der Waals surface area (Å²) in [7, 11) is 0. The molecule has 1 unspecified atom stereocenters. The molecule has 0 aliphatic heterocycles. The highest BCUT2D eigenvalue weighted by Crippen LogP contribution is 2.40. The zero-order valence-corrected chi connectivity index (χ0v) is 13.3. The summed E-state index contributed by atoms with van der Waals surface area (Å²) in [6.07, 6.45) is 3.12. The molecule has 1 aromatic carbocycles. The molecule has 3 rings (SSSR count). The third-order valence-corrected chi connectivity index (χ3v) is 4.74. The highest BCUT2D eigenvalue weighted by molar-refractivity contribution is 7.99. The predicted molar refractivity (Wildman–Crippen MR) is 84.2 cm³/mol. The lowest BCUT2D eigenvalue weighted by Crippen LogP contribution is -2.06. The Bertz CT molecular complexity index is 715. The molecular formula is C16H17F2N3OS. The van der Waals surface area contributed by atoms with Crippen molar-refractivity contribution in [2.45, 2.75) is 36.6 Å². The van der Waals surface area contributed by atoms with Crippen LogP contribution in [0.5, 0.6) is 0 Å². The zero-order valence-electron chi connectivity index (χ0n) is 12.5. The van der Waals surface area contributed by atoms with Crippen LogP contribution in [-0.2, 0) is 6.54 Å². The first kappa shape index (κ1) is 16.1. The van der Waals surface area contributed by atoms with Gasteiger partial charge < -0.3 is 9.67 Å². The monoisotopic (exact) mass is 337 g/mol. The summed E-state index contributed by atoms with van der Waals surface area (Å²) in [4.78, 5) is 0. The molecule has 23 heavy (non-hydrogen) atoms. The van der Waals surface area contributed by atoms with E-state index in [0.717, 1.165) is 30.8 Å². The summed E-state index contributed by atoms with van der Waals surface area (Å²) in [6, 6.07) is 3.42. The van der Waals surface area contributed by atoms with Crippen molar-refractivity contribution in [1.82, 2.24) is 14.8 Å². The summed E-state index contributed by atoms with van der Waals surface area (Å²) in [5.41, 5.74) is 0.341. The van der Waals surface area contributed by atoms with Crippen molar-refractivity contribution in [3.05, 3.63) is 53.9 Å². The first-order valence-electron chi connectivity index (χ1n) is 7.40. The largest absolute Gasteiger partial charge is 0.388 e. The average Bonchev–Trinajstić information content (AvgIpc) is 3.30. The fourth-order valence-electron chi connectivity index (χ4n) is 2.32. The van der Waals surface area contributed by atoms with Crippen molar-refractivity contribution in [3.63, 3.8) is 0 Å². The Morgan fingerprint density at radius 3 is 2.78 bits per heavy atom. The van der Waals surface area contributed by atoms with Gasteiger partial charge in [-0.05, 0) is 30.5 Å². The molecule has 1 atom stereocenters. The van der Waals surface area contributed by atoms with Crippen molar-refractivity contribution in [2.75, 3.05) is 5.75 Å². The third-order valence-electron chi connectivity index (χ3n) is 3.70. The molecule has 4 nitrogen and oxygen atoms in total. The lowest BCUT2D eigenvalue weighted by Gasteiger charge is -2.11. The Morgan fingerprint density at radius 1 is 1.35 bits per heavy atom. The van der Waals surface area contributed by atoms with E-state index in [2.05, 4.69) is 16.8 Å². The SMILES string of the molecule is C=CCn1c(SCC(O)c2ccc(F)c(F)c2)nnc1C1CC1. The Hall–Kier alpha value is -1.73. The molecule has 122 valence electrons. The number of benzene rings is 1. The number of halogens is 2. The van der Waals surface area contributed by atoms with Crippen LogP contribution in [0.2, 0.25) is 0 Å². The minimum atomic E-state index is -0.961. The number of thioether (sulfide) groups is 1. The van der Waals surface area contributed by atoms with Crippen LogP contribution in [0.4, 0.5) is 8.78 Å². The van der Waals surface area contributed by atoms with Gasteiger partial charge in [0.15, 0.2) is 16.8 Å². The first-order valence-corrected chi connectivity index (χ1v) is 8.38. The maximum atomic E-state index is 13.2. The van der Waals surface area contributed by atoms with E-state index in [9.17, 15) is 13.9 Å². The lowest BCUT2D eigenvalue weighted by atomic mass is 10.1. The van der Waals surface area contributed by atoms with Crippen molar-refractivity contribution in [2.24, 2.45) is 0 Å². The number of allylic oxidation sites excluding steroid dienone is 1. The van der Waals surface area contributed by atoms with E-state index < -0.39 is 17.7 Å². The van der Waals surface area contributed by atoms with Gasteiger partial charge in [-0.2, -0.15) is 0 Å². The quantitative estimate of drug-likeness (QED) is 0.621. The van der Waals surface area contributed by atoms with Gasteiger partial charge in [0.2, 0.25) is 0 Å². The molecule has 0 radical (unpaired) electrons. The van der Waals surface area contributed by atoms with Crippen LogP contribution < -0.4 is 0 Å². The van der Waals surface area contributed by atoms with Gasteiger partial charge in [0.05, 0.1) is 6.10 Å². The molecule has 0 amide bonds. The fourth-order valence-corrected chi connectivity index (χ4v) is 3.24. The standard InChI is InChI=1S/C16H17F2N3OS/c1-2-7-21-15(10-3-4-10)19-20-16(21)23-9-14(22)11-5-6-12(17)13(18)8-11/h2,5-6,8,10,14,22H,1,3-4,7,9H2. The minimum absolute atomic E-state index is 0.283. The maximum Gasteiger partial charge on any atom is 0.191 e. The minimum Gasteiger partial charge on any atom is -0.388 e. The highest BCUT2D eigenvalue weighted by Gasteiger charge is 2.30. The second-order valence-electron chi connectivity index (χ2n) is 5.51. The number of aliphatic hydroxyl groups excluding tert-OH is 1. The van der Waals surface area contributed by atoms with E-state index in [1.807, 2.05) is 4.57 Å². The Labute approximate surface area is 137 Å². The molecule has 1 aliphatic rings. The van der Waals surface area contributed by atoms with Crippen LogP contribution in [0.1, 0.15) is 36.3 Å². The Morgan fingerprint density at radius 2 is 2.13 bits per heavy atom. The molecule has 1 fully saturated rings. The van der Waals surface area contributed by atoms with Gasteiger partial charge in [0, 0.05) is 18.2 Å². The second-order valence-corrected chi connectivity index (χ2v) is 6.50. The van der Waals surface area contributed by atoms with Gasteiger partial charge in [-0.1, -0.05) is 23.9 Å². The number of aliphatic hydroxyl groups is 1. The van der Waals surface area contributed by atoms with Gasteiger partial charge >= 0.3 is 0 Å². The fraction of sp³-hybridized carbons (Fsp3) is 0.375. The van der Waals surface area contributed by atoms with Crippen molar-refractivity contribution in [1.29, 1.82) is 0 Å². The number of hydrogen-bond donors (Lipinski definition) is 1. The number of aromatic nitrogens is 3. The first-order chi connectivity index (χ1) is 11.1. The van der Waals surface area contributed by atoms with E-state index in [0.29, 0.717) is 23.2 Å². The Kier molecular flexibility index (Phi) is 4.77. The number of nitrogens with zero attached hydrogens (tertiary/aromatic N) is 3. The topological polar surface area (TPSA) is 50.9 Å². The van der Waals surface area contributed by atoms with E-state index in [1.165, 1.54) is 17.8 Å². The van der Waals surface area contributed by atoms with Crippen molar-refractivity contribution < 1.29 is 13.9 Å². The molecule has 1 heterocycles. The van der Waals surface area contributed by atoms with Crippen LogP contribution in [0, 0.1) is 11.6 Å². The second kappa shape index (κ2) is 6.80. The van der Waals surface area contributed by atoms with Crippen molar-refractivity contribution in [3.8, 4) is 0 Å². The van der Waals surface area contributed by atoms with Gasteiger partial charge in [-0.15, -0.1) is 16.8 Å². The summed E-state index contributed by atoms with van der Waals surface area (Å²) in [5.74, 6) is -0.182. The smallest absolute Gasteiger partial charge is 0.191 e. The summed E-state index contributed by atoms with van der Waals surface area (Å²) < 4.78 is 28.2. The highest BCUT2D eigenvalue weighted by atomic mass is 32.2. The predicted octanol–water partition coefficient (Wildman–Crippen LogP) is 3.45. The van der Waals surface area contributed by atoms with E-state index in [4.69, 9.17) is 0 Å². The normalized spacial score (nSPS) is 15.6. The number of rotatable bonds is 7. The van der Waals surface area contributed by atoms with Crippen LogP contribution in [-0.4, -0.2) is 25.6 Å². The summed E-state index contributed by atoms with van der Waals surface area (Å²) in [6.45, 7) is 4.36. The van der Waals surface area contributed by atoms with E-state index >= 15 is 0 Å². The summed E-state index contributed by atoms with van der Waals surface area (Å²) >= 11 is 1.34. The zero-order chi connectivity index (χ0) is 16.4. The summed E-state index contributed by atoms with van der Waals surface area (Å²) in [5, 5.41) is 19.3. The molecule has 0 spiro atoms. The van der Waals surface area contributed by atoms with Crippen LogP contribution in [0.15, 0.2) is 36.0 Å². The average molecular weight is 337 g/mol. The molecule has 0 bridgehead atoms. The van der Waals surface area contributed by atoms with E-state index in [1.54, 1.807) is 6.08 Å². The molecule has 1 aliphatic carbocycles. The third kappa shape index (κ3) is 3.61. The molecule has 1 N–H and O–H groups in total. The van der Waals surface area contributed by atoms with Gasteiger partial charge in [-0.25, -0.2) is 8.78 Å². The lowest BCUT2D eigenvalue weighted by molar-refractivity contribution is 0.203. The molecule has 2 aromatic rings. The molecule has 7 heteroatoms. The van der Waals surface area contributed by atoms with Gasteiger partial charge in [-0.3, -0.25) is 0 Å². The van der Waals surface area contributed by atoms with Crippen LogP contribution in [0.3, 0.4) is 0 Å². The van der Waals surface area contributed by atoms with Crippen molar-refractivity contribution >= 4 is 11.8 Å². The van der Waals surface area contributed by atoms with Gasteiger partial charge in [0.25, 0.3) is 0 Å².